The van der Waals surface area contributed by atoms with Crippen LogP contribution in [0.2, 0.25) is 18.1 Å². The van der Waals surface area contributed by atoms with Gasteiger partial charge in [0.05, 0.1) is 24.3 Å². The van der Waals surface area contributed by atoms with E-state index in [1.54, 1.807) is 19.2 Å². The number of ether oxygens (including phenoxy) is 1. The molecule has 0 saturated heterocycles. The van der Waals surface area contributed by atoms with E-state index >= 15 is 0 Å². The first-order chi connectivity index (χ1) is 13.2. The van der Waals surface area contributed by atoms with Gasteiger partial charge < -0.3 is 13.7 Å². The molecule has 0 amide bonds. The largest absolute Gasteiger partial charge is 0.462 e. The molecule has 0 spiro atoms. The summed E-state index contributed by atoms with van der Waals surface area (Å²) in [5.74, 6) is -0.600. The van der Waals surface area contributed by atoms with Gasteiger partial charge in [0, 0.05) is 16.1 Å². The molecule has 0 unspecified atom stereocenters. The number of rotatable bonds is 6. The van der Waals surface area contributed by atoms with E-state index in [0.717, 1.165) is 9.99 Å². The number of aromatic nitrogens is 1. The average Bonchev–Trinajstić information content (AvgIpc) is 2.59. The van der Waals surface area contributed by atoms with E-state index in [1.807, 2.05) is 16.7 Å². The van der Waals surface area contributed by atoms with Crippen molar-refractivity contribution in [3.8, 4) is 0 Å². The summed E-state index contributed by atoms with van der Waals surface area (Å²) in [6, 6.07) is 5.45. The number of pyridine rings is 1. The van der Waals surface area contributed by atoms with Gasteiger partial charge in [-0.05, 0) is 57.1 Å². The van der Waals surface area contributed by atoms with Crippen molar-refractivity contribution in [2.24, 2.45) is 0 Å². The lowest BCUT2D eigenvalue weighted by Gasteiger charge is -2.40. The molecule has 0 bridgehead atoms. The van der Waals surface area contributed by atoms with Gasteiger partial charge in [-0.15, -0.1) is 0 Å². The number of fused-ring (bicyclic) bond motifs is 1. The smallest absolute Gasteiger partial charge is 0.343 e. The summed E-state index contributed by atoms with van der Waals surface area (Å²) in [6.07, 6.45) is 1.62. The first kappa shape index (κ1) is 23.8. The second-order valence-electron chi connectivity index (χ2n) is 9.49. The summed E-state index contributed by atoms with van der Waals surface area (Å²) >= 11 is 3.50. The Balaban J connectivity index is 2.63. The highest BCUT2D eigenvalue weighted by atomic mass is 79.9. The van der Waals surface area contributed by atoms with Gasteiger partial charge in [0.1, 0.15) is 5.56 Å². The molecular formula is C22H32BrNO4Si. The lowest BCUT2D eigenvalue weighted by Crippen LogP contribution is -2.45. The Morgan fingerprint density at radius 1 is 1.17 bits per heavy atom. The molecule has 2 rings (SSSR count). The van der Waals surface area contributed by atoms with Gasteiger partial charge >= 0.3 is 5.97 Å². The zero-order valence-electron chi connectivity index (χ0n) is 18.7. The molecule has 1 heterocycles. The predicted octanol–water partition coefficient (Wildman–Crippen LogP) is 5.70. The Hall–Kier alpha value is -1.44. The second kappa shape index (κ2) is 8.36. The van der Waals surface area contributed by atoms with Crippen LogP contribution in [-0.4, -0.2) is 32.1 Å². The molecule has 1 aromatic carbocycles. The molecule has 2 aromatic rings. The van der Waals surface area contributed by atoms with Crippen molar-refractivity contribution in [1.29, 1.82) is 0 Å². The van der Waals surface area contributed by atoms with Crippen LogP contribution in [0.1, 0.15) is 51.9 Å². The maximum absolute atomic E-state index is 12.9. The van der Waals surface area contributed by atoms with Crippen molar-refractivity contribution >= 4 is 41.1 Å². The van der Waals surface area contributed by atoms with Crippen LogP contribution in [-0.2, 0) is 14.7 Å². The van der Waals surface area contributed by atoms with E-state index in [0.29, 0.717) is 12.0 Å². The van der Waals surface area contributed by atoms with E-state index in [9.17, 15) is 9.59 Å². The quantitative estimate of drug-likeness (QED) is 0.392. The van der Waals surface area contributed by atoms with Gasteiger partial charge in [-0.2, -0.15) is 0 Å². The van der Waals surface area contributed by atoms with Crippen LogP contribution in [0, 0.1) is 0 Å². The highest BCUT2D eigenvalue weighted by Gasteiger charge is 2.39. The van der Waals surface area contributed by atoms with Crippen LogP contribution in [0.5, 0.6) is 0 Å². The minimum atomic E-state index is -1.96. The zero-order valence-corrected chi connectivity index (χ0v) is 21.3. The Labute approximate surface area is 182 Å². The highest BCUT2D eigenvalue weighted by molar-refractivity contribution is 9.10. The van der Waals surface area contributed by atoms with Crippen LogP contribution in [0.25, 0.3) is 10.9 Å². The van der Waals surface area contributed by atoms with Crippen LogP contribution in [0.3, 0.4) is 0 Å². The maximum atomic E-state index is 12.9. The number of hydrogen-bond acceptors (Lipinski definition) is 4. The first-order valence-corrected chi connectivity index (χ1v) is 13.6. The molecule has 160 valence electrons. The van der Waals surface area contributed by atoms with E-state index in [-0.39, 0.29) is 22.6 Å². The highest BCUT2D eigenvalue weighted by Crippen LogP contribution is 2.37. The monoisotopic (exact) mass is 481 g/mol. The maximum Gasteiger partial charge on any atom is 0.343 e. The SMILES string of the molecule is CCOC(=O)c1cn(C(C)(C)CO[Si](C)(C)C(C)(C)C)c2cc(Br)ccc2c1=O. The lowest BCUT2D eigenvalue weighted by molar-refractivity contribution is 0.0523. The van der Waals surface area contributed by atoms with Crippen molar-refractivity contribution in [2.75, 3.05) is 13.2 Å². The number of benzene rings is 1. The number of hydrogen-bond donors (Lipinski definition) is 0. The summed E-state index contributed by atoms with van der Waals surface area (Å²) in [6.45, 7) is 17.6. The third-order valence-electron chi connectivity index (χ3n) is 5.71. The predicted molar refractivity (Wildman–Crippen MR) is 124 cm³/mol. The molecule has 0 aliphatic carbocycles. The fraction of sp³-hybridized carbons (Fsp3) is 0.545. The van der Waals surface area contributed by atoms with Crippen LogP contribution >= 0.6 is 15.9 Å². The third-order valence-corrected chi connectivity index (χ3v) is 10.7. The van der Waals surface area contributed by atoms with Crippen LogP contribution < -0.4 is 5.43 Å². The molecular weight excluding hydrogens is 450 g/mol. The fourth-order valence-electron chi connectivity index (χ4n) is 2.80. The number of carbonyl (C=O) groups is 1. The van der Waals surface area contributed by atoms with Gasteiger partial charge in [-0.3, -0.25) is 4.79 Å². The van der Waals surface area contributed by atoms with Crippen LogP contribution in [0.4, 0.5) is 0 Å². The summed E-state index contributed by atoms with van der Waals surface area (Å²) < 4.78 is 14.4. The average molecular weight is 482 g/mol. The van der Waals surface area contributed by atoms with E-state index in [1.165, 1.54) is 0 Å². The van der Waals surface area contributed by atoms with Crippen molar-refractivity contribution in [2.45, 2.75) is 65.2 Å². The molecule has 0 fully saturated rings. The normalized spacial score (nSPS) is 13.0. The number of esters is 1. The lowest BCUT2D eigenvalue weighted by atomic mass is 10.0. The minimum Gasteiger partial charge on any atom is -0.462 e. The van der Waals surface area contributed by atoms with Crippen molar-refractivity contribution in [3.63, 3.8) is 0 Å². The van der Waals surface area contributed by atoms with Crippen molar-refractivity contribution < 1.29 is 14.0 Å². The zero-order chi connectivity index (χ0) is 22.2. The molecule has 5 nitrogen and oxygen atoms in total. The number of halogens is 1. The summed E-state index contributed by atoms with van der Waals surface area (Å²) in [7, 11) is -1.96. The standard InChI is InChI=1S/C22H32BrNO4Si/c1-9-27-20(26)17-13-24(18-12-15(23)10-11-16(18)19(17)25)22(5,6)14-28-29(7,8)21(2,3)4/h10-13H,9,14H2,1-8H3. The fourth-order valence-corrected chi connectivity index (χ4v) is 4.29. The second-order valence-corrected chi connectivity index (χ2v) is 15.2. The minimum absolute atomic E-state index is 0.0436. The van der Waals surface area contributed by atoms with Gasteiger partial charge in [0.2, 0.25) is 5.43 Å². The molecule has 7 heteroatoms. The molecule has 0 N–H and O–H groups in total. The molecule has 0 aliphatic heterocycles. The topological polar surface area (TPSA) is 57.5 Å². The van der Waals surface area contributed by atoms with Gasteiger partial charge in [-0.25, -0.2) is 4.79 Å². The first-order valence-electron chi connectivity index (χ1n) is 9.88. The molecule has 29 heavy (non-hydrogen) atoms. The van der Waals surface area contributed by atoms with E-state index in [2.05, 4.69) is 63.6 Å². The molecule has 0 radical (unpaired) electrons. The van der Waals surface area contributed by atoms with E-state index in [4.69, 9.17) is 9.16 Å². The number of nitrogens with zero attached hydrogens (tertiary/aromatic N) is 1. The summed E-state index contributed by atoms with van der Waals surface area (Å²) in [4.78, 5) is 25.4. The van der Waals surface area contributed by atoms with Crippen molar-refractivity contribution in [3.05, 3.63) is 44.7 Å². The molecule has 1 aromatic heterocycles. The van der Waals surface area contributed by atoms with Gasteiger partial charge in [-0.1, -0.05) is 36.7 Å². The third kappa shape index (κ3) is 5.01. The Morgan fingerprint density at radius 2 is 1.79 bits per heavy atom. The Kier molecular flexibility index (Phi) is 6.87. The summed E-state index contributed by atoms with van der Waals surface area (Å²) in [5.41, 5.74) is -0.00426. The van der Waals surface area contributed by atoms with E-state index < -0.39 is 19.8 Å². The van der Waals surface area contributed by atoms with Gasteiger partial charge in [0.25, 0.3) is 0 Å². The molecule has 0 saturated carbocycles. The molecule has 0 aliphatic rings. The van der Waals surface area contributed by atoms with Crippen LogP contribution in [0.15, 0.2) is 33.7 Å². The Bertz CT molecular complexity index is 973. The summed E-state index contributed by atoms with van der Waals surface area (Å²) in [5, 5.41) is 0.576. The number of carbonyl (C=O) groups excluding carboxylic acids is 1. The van der Waals surface area contributed by atoms with Gasteiger partial charge in [0.15, 0.2) is 8.32 Å². The molecule has 0 atom stereocenters. The van der Waals surface area contributed by atoms with Crippen molar-refractivity contribution in [1.82, 2.24) is 4.57 Å². The Morgan fingerprint density at radius 3 is 2.34 bits per heavy atom.